The zero-order valence-electron chi connectivity index (χ0n) is 11.0. The molecule has 0 spiro atoms. The monoisotopic (exact) mass is 314 g/mol. The number of hydrogen-bond donors (Lipinski definition) is 1. The van der Waals surface area contributed by atoms with E-state index in [4.69, 9.17) is 5.11 Å². The summed E-state index contributed by atoms with van der Waals surface area (Å²) < 4.78 is 25.5. The number of non-ortho nitro benzene ring substituents is 1. The summed E-state index contributed by atoms with van der Waals surface area (Å²) in [5.74, 6) is -1.52. The van der Waals surface area contributed by atoms with Crippen LogP contribution in [0.15, 0.2) is 24.3 Å². The molecule has 1 unspecified atom stereocenters. The summed E-state index contributed by atoms with van der Waals surface area (Å²) in [7, 11) is -3.76. The number of nitro benzene ring substituents is 1. The topological polar surface area (TPSA) is 118 Å². The highest BCUT2D eigenvalue weighted by Crippen LogP contribution is 2.24. The zero-order chi connectivity index (χ0) is 15.6. The lowest BCUT2D eigenvalue weighted by molar-refractivity contribution is -0.384. The van der Waals surface area contributed by atoms with E-state index >= 15 is 0 Å². The van der Waals surface area contributed by atoms with E-state index in [2.05, 4.69) is 0 Å². The Morgan fingerprint density at radius 2 is 2.00 bits per heavy atom. The summed E-state index contributed by atoms with van der Waals surface area (Å²) in [6.07, 6.45) is 0.811. The van der Waals surface area contributed by atoms with Gasteiger partial charge < -0.3 is 5.11 Å². The van der Waals surface area contributed by atoms with Crippen LogP contribution in [0.3, 0.4) is 0 Å². The fourth-order valence-corrected chi connectivity index (χ4v) is 4.10. The average Bonchev–Trinajstić information content (AvgIpc) is 2.89. The molecule has 114 valence electrons. The minimum absolute atomic E-state index is 0.124. The number of hydrogen-bond acceptors (Lipinski definition) is 5. The number of carboxylic acid groups (broad SMARTS) is 1. The van der Waals surface area contributed by atoms with E-state index in [1.807, 2.05) is 0 Å². The molecule has 8 nitrogen and oxygen atoms in total. The Kier molecular flexibility index (Phi) is 4.24. The van der Waals surface area contributed by atoms with Gasteiger partial charge in [0.05, 0.1) is 10.7 Å². The summed E-state index contributed by atoms with van der Waals surface area (Å²) >= 11 is 0. The van der Waals surface area contributed by atoms with Gasteiger partial charge in [-0.3, -0.25) is 14.9 Å². The predicted molar refractivity (Wildman–Crippen MR) is 73.1 cm³/mol. The maximum atomic E-state index is 12.3. The number of benzene rings is 1. The summed E-state index contributed by atoms with van der Waals surface area (Å²) in [6, 6.07) is 4.16. The third-order valence-corrected chi connectivity index (χ3v) is 5.19. The molecular weight excluding hydrogens is 300 g/mol. The van der Waals surface area contributed by atoms with Crippen molar-refractivity contribution in [1.82, 2.24) is 4.31 Å². The fourth-order valence-electron chi connectivity index (χ4n) is 2.33. The summed E-state index contributed by atoms with van der Waals surface area (Å²) in [5.41, 5.74) is 0.261. The maximum Gasteiger partial charge on any atom is 0.322 e. The van der Waals surface area contributed by atoms with E-state index in [0.29, 0.717) is 18.4 Å². The average molecular weight is 314 g/mol. The van der Waals surface area contributed by atoms with Crippen molar-refractivity contribution < 1.29 is 23.2 Å². The first kappa shape index (κ1) is 15.4. The molecule has 21 heavy (non-hydrogen) atoms. The Labute approximate surface area is 121 Å². The first-order valence-electron chi connectivity index (χ1n) is 6.27. The molecule has 9 heteroatoms. The van der Waals surface area contributed by atoms with Crippen molar-refractivity contribution in [3.63, 3.8) is 0 Å². The van der Waals surface area contributed by atoms with E-state index < -0.39 is 27.0 Å². The van der Waals surface area contributed by atoms with E-state index in [1.54, 1.807) is 0 Å². The lowest BCUT2D eigenvalue weighted by Crippen LogP contribution is -2.40. The summed E-state index contributed by atoms with van der Waals surface area (Å²) in [6.45, 7) is 0.187. The molecule has 1 heterocycles. The van der Waals surface area contributed by atoms with Crippen molar-refractivity contribution in [3.05, 3.63) is 39.9 Å². The van der Waals surface area contributed by atoms with Gasteiger partial charge in [-0.05, 0) is 18.4 Å². The maximum absolute atomic E-state index is 12.3. The van der Waals surface area contributed by atoms with Crippen LogP contribution in [-0.4, -0.2) is 41.3 Å². The molecule has 0 radical (unpaired) electrons. The van der Waals surface area contributed by atoms with Crippen molar-refractivity contribution in [2.75, 3.05) is 6.54 Å². The Bertz CT molecular complexity index is 655. The number of sulfonamides is 1. The molecule has 0 amide bonds. The highest BCUT2D eigenvalue weighted by atomic mass is 32.2. The third-order valence-electron chi connectivity index (χ3n) is 3.34. The van der Waals surface area contributed by atoms with Gasteiger partial charge in [0.1, 0.15) is 6.04 Å². The van der Waals surface area contributed by atoms with E-state index in [0.717, 1.165) is 4.31 Å². The molecule has 2 rings (SSSR count). The minimum Gasteiger partial charge on any atom is -0.480 e. The third kappa shape index (κ3) is 3.37. The minimum atomic E-state index is -3.76. The van der Waals surface area contributed by atoms with Crippen LogP contribution >= 0.6 is 0 Å². The normalized spacial score (nSPS) is 19.5. The summed E-state index contributed by atoms with van der Waals surface area (Å²) in [5, 5.41) is 19.6. The molecule has 1 N–H and O–H groups in total. The first-order chi connectivity index (χ1) is 9.81. The molecule has 1 saturated heterocycles. The molecule has 1 aromatic carbocycles. The van der Waals surface area contributed by atoms with Crippen LogP contribution in [0.5, 0.6) is 0 Å². The second-order valence-electron chi connectivity index (χ2n) is 4.79. The number of nitro groups is 1. The van der Waals surface area contributed by atoms with Gasteiger partial charge >= 0.3 is 5.97 Å². The largest absolute Gasteiger partial charge is 0.480 e. The fraction of sp³-hybridized carbons (Fsp3) is 0.417. The van der Waals surface area contributed by atoms with E-state index in [9.17, 15) is 23.3 Å². The van der Waals surface area contributed by atoms with Crippen molar-refractivity contribution >= 4 is 21.7 Å². The number of rotatable bonds is 5. The highest BCUT2D eigenvalue weighted by molar-refractivity contribution is 7.88. The van der Waals surface area contributed by atoms with Gasteiger partial charge in [0.15, 0.2) is 0 Å². The van der Waals surface area contributed by atoms with Crippen LogP contribution in [0.1, 0.15) is 18.4 Å². The molecule has 1 atom stereocenters. The van der Waals surface area contributed by atoms with Crippen molar-refractivity contribution in [1.29, 1.82) is 0 Å². The molecule has 1 aromatic rings. The molecule has 1 aliphatic rings. The second kappa shape index (κ2) is 5.78. The number of nitrogens with zero attached hydrogens (tertiary/aromatic N) is 2. The molecule has 0 aromatic heterocycles. The van der Waals surface area contributed by atoms with Crippen LogP contribution in [0.2, 0.25) is 0 Å². The Morgan fingerprint density at radius 1 is 1.38 bits per heavy atom. The highest BCUT2D eigenvalue weighted by Gasteiger charge is 2.38. The van der Waals surface area contributed by atoms with Gasteiger partial charge in [0, 0.05) is 18.7 Å². The van der Waals surface area contributed by atoms with Gasteiger partial charge in [0.25, 0.3) is 5.69 Å². The number of aliphatic carboxylic acids is 1. The van der Waals surface area contributed by atoms with E-state index in [1.165, 1.54) is 24.3 Å². The number of carbonyl (C=O) groups is 1. The molecular formula is C12H14N2O6S. The molecule has 0 saturated carbocycles. The van der Waals surface area contributed by atoms with Crippen LogP contribution in [-0.2, 0) is 20.6 Å². The van der Waals surface area contributed by atoms with Gasteiger partial charge in [-0.25, -0.2) is 8.42 Å². The lowest BCUT2D eigenvalue weighted by Gasteiger charge is -2.20. The SMILES string of the molecule is O=C(O)C1CCCN1S(=O)(=O)Cc1ccc([N+](=O)[O-])cc1. The smallest absolute Gasteiger partial charge is 0.322 e. The van der Waals surface area contributed by atoms with E-state index in [-0.39, 0.29) is 18.0 Å². The molecule has 0 bridgehead atoms. The first-order valence-corrected chi connectivity index (χ1v) is 7.88. The van der Waals surface area contributed by atoms with Gasteiger partial charge in [0.2, 0.25) is 10.0 Å². The summed E-state index contributed by atoms with van der Waals surface area (Å²) in [4.78, 5) is 21.0. The molecule has 1 aliphatic heterocycles. The van der Waals surface area contributed by atoms with Crippen LogP contribution in [0, 0.1) is 10.1 Å². The van der Waals surface area contributed by atoms with Crippen molar-refractivity contribution in [2.45, 2.75) is 24.6 Å². The standard InChI is InChI=1S/C12H14N2O6S/c15-12(16)11-2-1-7-13(11)21(19,20)8-9-3-5-10(6-4-9)14(17)18/h3-6,11H,1-2,7-8H2,(H,15,16). The van der Waals surface area contributed by atoms with Gasteiger partial charge in [-0.15, -0.1) is 0 Å². The number of carboxylic acids is 1. The van der Waals surface area contributed by atoms with Crippen LogP contribution in [0.4, 0.5) is 5.69 Å². The molecule has 0 aliphatic carbocycles. The van der Waals surface area contributed by atoms with Crippen LogP contribution < -0.4 is 0 Å². The molecule has 1 fully saturated rings. The van der Waals surface area contributed by atoms with Crippen LogP contribution in [0.25, 0.3) is 0 Å². The zero-order valence-corrected chi connectivity index (χ0v) is 11.8. The second-order valence-corrected chi connectivity index (χ2v) is 6.71. The van der Waals surface area contributed by atoms with Crippen molar-refractivity contribution in [2.24, 2.45) is 0 Å². The lowest BCUT2D eigenvalue weighted by atomic mass is 10.2. The predicted octanol–water partition coefficient (Wildman–Crippen LogP) is 0.974. The Hall–Kier alpha value is -2.00. The van der Waals surface area contributed by atoms with Crippen molar-refractivity contribution in [3.8, 4) is 0 Å². The quantitative estimate of drug-likeness (QED) is 0.639. The van der Waals surface area contributed by atoms with Gasteiger partial charge in [-0.1, -0.05) is 12.1 Å². The Morgan fingerprint density at radius 3 is 2.52 bits per heavy atom. The van der Waals surface area contributed by atoms with Gasteiger partial charge in [-0.2, -0.15) is 4.31 Å². The Balaban J connectivity index is 2.17.